The second-order valence-corrected chi connectivity index (χ2v) is 4.66. The summed E-state index contributed by atoms with van der Waals surface area (Å²) in [6.07, 6.45) is 6.94. The molecule has 2 aliphatic rings. The third-order valence-electron chi connectivity index (χ3n) is 3.54. The maximum atomic E-state index is 11.8. The monoisotopic (exact) mass is 202 g/mol. The van der Waals surface area contributed by atoms with Crippen LogP contribution < -0.4 is 5.32 Å². The molecule has 0 radical (unpaired) electrons. The molecular weight excluding hydrogens is 188 g/mol. The Bertz CT molecular complexity index is 366. The number of nitrogens with one attached hydrogen (secondary N) is 1. The van der Waals surface area contributed by atoms with Crippen molar-refractivity contribution < 1.29 is 4.79 Å². The molecule has 0 aliphatic heterocycles. The number of carbonyl (C=O) groups excluding carboxylic acids is 1. The molecule has 1 aromatic heterocycles. The van der Waals surface area contributed by atoms with Crippen molar-refractivity contribution in [2.75, 3.05) is 5.32 Å². The van der Waals surface area contributed by atoms with Crippen LogP contribution >= 0.6 is 0 Å². The molecule has 3 heteroatoms. The number of carbonyl (C=O) groups is 1. The largest absolute Gasteiger partial charge is 0.324 e. The standard InChI is InChI=1S/C12H14N2O/c15-12(10-5-8-4-9(8)6-10)14-11-2-1-3-13-7-11/h1-3,7-10H,4-6H2,(H,14,15). The van der Waals surface area contributed by atoms with Crippen molar-refractivity contribution in [3.8, 4) is 0 Å². The van der Waals surface area contributed by atoms with Crippen LogP contribution in [-0.4, -0.2) is 10.9 Å². The summed E-state index contributed by atoms with van der Waals surface area (Å²) >= 11 is 0. The van der Waals surface area contributed by atoms with Crippen LogP contribution in [0.25, 0.3) is 0 Å². The van der Waals surface area contributed by atoms with E-state index < -0.39 is 0 Å². The molecule has 0 bridgehead atoms. The highest BCUT2D eigenvalue weighted by atomic mass is 16.1. The van der Waals surface area contributed by atoms with Crippen molar-refractivity contribution in [3.63, 3.8) is 0 Å². The predicted octanol–water partition coefficient (Wildman–Crippen LogP) is 2.07. The minimum atomic E-state index is 0.176. The first-order valence-electron chi connectivity index (χ1n) is 5.54. The van der Waals surface area contributed by atoms with Gasteiger partial charge in [-0.25, -0.2) is 0 Å². The summed E-state index contributed by atoms with van der Waals surface area (Å²) in [7, 11) is 0. The van der Waals surface area contributed by atoms with Crippen LogP contribution in [0.1, 0.15) is 19.3 Å². The molecule has 1 N–H and O–H groups in total. The molecule has 2 aliphatic carbocycles. The van der Waals surface area contributed by atoms with Gasteiger partial charge < -0.3 is 5.32 Å². The molecule has 1 heterocycles. The fourth-order valence-corrected chi connectivity index (χ4v) is 2.61. The van der Waals surface area contributed by atoms with E-state index in [0.29, 0.717) is 0 Å². The Morgan fingerprint density at radius 2 is 2.13 bits per heavy atom. The number of nitrogens with zero attached hydrogens (tertiary/aromatic N) is 1. The van der Waals surface area contributed by atoms with E-state index in [2.05, 4.69) is 10.3 Å². The van der Waals surface area contributed by atoms with Crippen molar-refractivity contribution in [2.45, 2.75) is 19.3 Å². The van der Waals surface area contributed by atoms with Gasteiger partial charge in [0, 0.05) is 12.1 Å². The number of hydrogen-bond acceptors (Lipinski definition) is 2. The van der Waals surface area contributed by atoms with Crippen LogP contribution in [0.15, 0.2) is 24.5 Å². The van der Waals surface area contributed by atoms with E-state index in [1.807, 2.05) is 12.1 Å². The summed E-state index contributed by atoms with van der Waals surface area (Å²) in [5.41, 5.74) is 0.808. The minimum Gasteiger partial charge on any atom is -0.324 e. The van der Waals surface area contributed by atoms with Gasteiger partial charge in [-0.15, -0.1) is 0 Å². The summed E-state index contributed by atoms with van der Waals surface area (Å²) in [4.78, 5) is 15.8. The Balaban J connectivity index is 1.61. The van der Waals surface area contributed by atoms with Crippen molar-refractivity contribution >= 4 is 11.6 Å². The van der Waals surface area contributed by atoms with Crippen LogP contribution in [0, 0.1) is 17.8 Å². The number of amides is 1. The number of pyridine rings is 1. The van der Waals surface area contributed by atoms with E-state index in [1.165, 1.54) is 6.42 Å². The smallest absolute Gasteiger partial charge is 0.227 e. The van der Waals surface area contributed by atoms with Gasteiger partial charge in [0.15, 0.2) is 0 Å². The number of rotatable bonds is 2. The summed E-state index contributed by atoms with van der Waals surface area (Å²) in [5, 5.41) is 2.92. The SMILES string of the molecule is O=C(Nc1cccnc1)C1CC2CC2C1. The van der Waals surface area contributed by atoms with E-state index in [9.17, 15) is 4.79 Å². The molecular formula is C12H14N2O. The molecule has 15 heavy (non-hydrogen) atoms. The predicted molar refractivity (Wildman–Crippen MR) is 57.2 cm³/mol. The van der Waals surface area contributed by atoms with Crippen molar-refractivity contribution in [2.24, 2.45) is 17.8 Å². The van der Waals surface area contributed by atoms with Crippen LogP contribution in [0.5, 0.6) is 0 Å². The van der Waals surface area contributed by atoms with E-state index in [4.69, 9.17) is 0 Å². The molecule has 0 saturated heterocycles. The molecule has 2 saturated carbocycles. The molecule has 78 valence electrons. The summed E-state index contributed by atoms with van der Waals surface area (Å²) in [5.74, 6) is 2.13. The molecule has 0 spiro atoms. The number of hydrogen-bond donors (Lipinski definition) is 1. The van der Waals surface area contributed by atoms with Gasteiger partial charge in [-0.3, -0.25) is 9.78 Å². The normalized spacial score (nSPS) is 32.1. The van der Waals surface area contributed by atoms with Gasteiger partial charge in [0.25, 0.3) is 0 Å². The molecule has 2 fully saturated rings. The average molecular weight is 202 g/mol. The minimum absolute atomic E-state index is 0.176. The third-order valence-corrected chi connectivity index (χ3v) is 3.54. The van der Waals surface area contributed by atoms with E-state index in [-0.39, 0.29) is 11.8 Å². The van der Waals surface area contributed by atoms with Gasteiger partial charge in [-0.2, -0.15) is 0 Å². The first-order chi connectivity index (χ1) is 7.33. The molecule has 2 atom stereocenters. The first-order valence-corrected chi connectivity index (χ1v) is 5.54. The fourth-order valence-electron chi connectivity index (χ4n) is 2.61. The van der Waals surface area contributed by atoms with Gasteiger partial charge in [-0.1, -0.05) is 0 Å². The highest BCUT2D eigenvalue weighted by Crippen LogP contribution is 2.54. The zero-order chi connectivity index (χ0) is 10.3. The second kappa shape index (κ2) is 3.33. The highest BCUT2D eigenvalue weighted by molar-refractivity contribution is 5.92. The Kier molecular flexibility index (Phi) is 1.97. The van der Waals surface area contributed by atoms with Gasteiger partial charge in [0.2, 0.25) is 5.91 Å². The van der Waals surface area contributed by atoms with Gasteiger partial charge in [-0.05, 0) is 43.2 Å². The first kappa shape index (κ1) is 8.89. The Labute approximate surface area is 88.9 Å². The third kappa shape index (κ3) is 1.74. The Morgan fingerprint density at radius 3 is 2.80 bits per heavy atom. The topological polar surface area (TPSA) is 42.0 Å². The Hall–Kier alpha value is -1.38. The van der Waals surface area contributed by atoms with Crippen molar-refractivity contribution in [3.05, 3.63) is 24.5 Å². The zero-order valence-corrected chi connectivity index (χ0v) is 8.52. The van der Waals surface area contributed by atoms with E-state index >= 15 is 0 Å². The van der Waals surface area contributed by atoms with Gasteiger partial charge in [0.05, 0.1) is 11.9 Å². The van der Waals surface area contributed by atoms with Crippen molar-refractivity contribution in [1.82, 2.24) is 4.98 Å². The Morgan fingerprint density at radius 1 is 1.33 bits per heavy atom. The van der Waals surface area contributed by atoms with Crippen LogP contribution in [0.2, 0.25) is 0 Å². The summed E-state index contributed by atoms with van der Waals surface area (Å²) < 4.78 is 0. The maximum absolute atomic E-state index is 11.8. The van der Waals surface area contributed by atoms with Crippen LogP contribution in [0.4, 0.5) is 5.69 Å². The fraction of sp³-hybridized carbons (Fsp3) is 0.500. The lowest BCUT2D eigenvalue weighted by Crippen LogP contribution is -2.21. The molecule has 2 unspecified atom stereocenters. The number of aromatic nitrogens is 1. The lowest BCUT2D eigenvalue weighted by Gasteiger charge is -2.11. The zero-order valence-electron chi connectivity index (χ0n) is 8.52. The van der Waals surface area contributed by atoms with Crippen molar-refractivity contribution in [1.29, 1.82) is 0 Å². The summed E-state index contributed by atoms with van der Waals surface area (Å²) in [6.45, 7) is 0. The average Bonchev–Trinajstić information content (AvgIpc) is 2.87. The number of fused-ring (bicyclic) bond motifs is 1. The lowest BCUT2D eigenvalue weighted by molar-refractivity contribution is -0.120. The summed E-state index contributed by atoms with van der Waals surface area (Å²) in [6, 6.07) is 3.71. The quantitative estimate of drug-likeness (QED) is 0.797. The maximum Gasteiger partial charge on any atom is 0.227 e. The lowest BCUT2D eigenvalue weighted by atomic mass is 10.0. The van der Waals surface area contributed by atoms with Gasteiger partial charge in [0.1, 0.15) is 0 Å². The van der Waals surface area contributed by atoms with Gasteiger partial charge >= 0.3 is 0 Å². The molecule has 0 aromatic carbocycles. The highest BCUT2D eigenvalue weighted by Gasteiger charge is 2.47. The molecule has 3 nitrogen and oxygen atoms in total. The number of anilines is 1. The van der Waals surface area contributed by atoms with E-state index in [0.717, 1.165) is 30.4 Å². The van der Waals surface area contributed by atoms with E-state index in [1.54, 1.807) is 12.4 Å². The molecule has 1 amide bonds. The molecule has 1 aromatic rings. The van der Waals surface area contributed by atoms with Crippen LogP contribution in [0.3, 0.4) is 0 Å². The van der Waals surface area contributed by atoms with Crippen LogP contribution in [-0.2, 0) is 4.79 Å². The second-order valence-electron chi connectivity index (χ2n) is 4.66. The molecule has 3 rings (SSSR count).